The molecule has 2 heterocycles. The van der Waals surface area contributed by atoms with Crippen molar-refractivity contribution >= 4 is 5.91 Å². The van der Waals surface area contributed by atoms with Crippen LogP contribution in [0.1, 0.15) is 51.4 Å². The molecule has 3 rings (SSSR count). The van der Waals surface area contributed by atoms with E-state index in [2.05, 4.69) is 18.1 Å². The Labute approximate surface area is 152 Å². The highest BCUT2D eigenvalue weighted by atomic mass is 16.5. The largest absolute Gasteiger partial charge is 0.378 e. The molecule has 25 heavy (non-hydrogen) atoms. The van der Waals surface area contributed by atoms with E-state index in [1.54, 1.807) is 0 Å². The minimum absolute atomic E-state index is 0.224. The van der Waals surface area contributed by atoms with Gasteiger partial charge in [-0.1, -0.05) is 18.7 Å². The molecule has 0 N–H and O–H groups in total. The summed E-state index contributed by atoms with van der Waals surface area (Å²) in [6.07, 6.45) is 9.00. The predicted octanol–water partition coefficient (Wildman–Crippen LogP) is 3.60. The first-order chi connectivity index (χ1) is 12.1. The smallest absolute Gasteiger partial charge is 0.225 e. The maximum absolute atomic E-state index is 12.6. The summed E-state index contributed by atoms with van der Waals surface area (Å²) in [6, 6.07) is 0. The second-order valence-electron chi connectivity index (χ2n) is 7.90. The van der Waals surface area contributed by atoms with Crippen molar-refractivity contribution in [3.05, 3.63) is 24.4 Å². The molecule has 3 fully saturated rings. The Hall–Kier alpha value is -1.29. The van der Waals surface area contributed by atoms with Crippen LogP contribution in [0, 0.1) is 11.8 Å². The molecule has 0 aromatic heterocycles. The van der Waals surface area contributed by atoms with Gasteiger partial charge >= 0.3 is 0 Å². The van der Waals surface area contributed by atoms with Crippen LogP contribution < -0.4 is 0 Å². The van der Waals surface area contributed by atoms with Crippen molar-refractivity contribution < 1.29 is 9.53 Å². The molecule has 4 heteroatoms. The lowest BCUT2D eigenvalue weighted by Gasteiger charge is -2.34. The summed E-state index contributed by atoms with van der Waals surface area (Å²) in [4.78, 5) is 17.1. The molecule has 0 bridgehead atoms. The number of nitrogens with zero attached hydrogens (tertiary/aromatic N) is 2. The molecule has 1 aliphatic carbocycles. The van der Waals surface area contributed by atoms with Gasteiger partial charge in [-0.25, -0.2) is 0 Å². The van der Waals surface area contributed by atoms with Gasteiger partial charge in [0.1, 0.15) is 0 Å². The quantitative estimate of drug-likeness (QED) is 0.689. The van der Waals surface area contributed by atoms with Gasteiger partial charge in [0.25, 0.3) is 0 Å². The Kier molecular flexibility index (Phi) is 6.57. The zero-order chi connectivity index (χ0) is 17.6. The van der Waals surface area contributed by atoms with Crippen LogP contribution in [0.5, 0.6) is 0 Å². The van der Waals surface area contributed by atoms with Gasteiger partial charge in [-0.2, -0.15) is 0 Å². The van der Waals surface area contributed by atoms with E-state index in [0.717, 1.165) is 51.6 Å². The van der Waals surface area contributed by atoms with E-state index in [9.17, 15) is 4.79 Å². The van der Waals surface area contributed by atoms with Crippen LogP contribution in [0.4, 0.5) is 0 Å². The third-order valence-electron chi connectivity index (χ3n) is 6.26. The van der Waals surface area contributed by atoms with Gasteiger partial charge in [0.05, 0.1) is 13.2 Å². The normalized spacial score (nSPS) is 27.4. The summed E-state index contributed by atoms with van der Waals surface area (Å²) in [7, 11) is 0. The third-order valence-corrected chi connectivity index (χ3v) is 6.26. The fourth-order valence-corrected chi connectivity index (χ4v) is 4.49. The van der Waals surface area contributed by atoms with E-state index >= 15 is 0 Å². The number of hydrogen-bond donors (Lipinski definition) is 0. The molecule has 0 unspecified atom stereocenters. The van der Waals surface area contributed by atoms with Crippen LogP contribution in [0.3, 0.4) is 0 Å². The predicted molar refractivity (Wildman–Crippen MR) is 101 cm³/mol. The number of morpholine rings is 1. The zero-order valence-electron chi connectivity index (χ0n) is 15.7. The van der Waals surface area contributed by atoms with Crippen molar-refractivity contribution in [3.63, 3.8) is 0 Å². The van der Waals surface area contributed by atoms with Gasteiger partial charge < -0.3 is 14.5 Å². The number of amides is 1. The molecule has 0 aromatic rings. The number of carbonyl (C=O) groups is 1. The zero-order valence-corrected chi connectivity index (χ0v) is 15.7. The Balaban J connectivity index is 1.38. The van der Waals surface area contributed by atoms with E-state index in [-0.39, 0.29) is 5.92 Å². The SMILES string of the molecule is C=C(CCC(=C)N1CCCC1)C1CCC(C(=O)N2CCOCC2)CC1. The molecule has 0 radical (unpaired) electrons. The van der Waals surface area contributed by atoms with Crippen LogP contribution in [0.2, 0.25) is 0 Å². The number of likely N-dealkylation sites (tertiary alicyclic amines) is 1. The van der Waals surface area contributed by atoms with Gasteiger partial charge in [0, 0.05) is 37.8 Å². The van der Waals surface area contributed by atoms with E-state index in [1.165, 1.54) is 37.2 Å². The second kappa shape index (κ2) is 8.88. The summed E-state index contributed by atoms with van der Waals surface area (Å²) in [5.41, 5.74) is 2.66. The minimum atomic E-state index is 0.224. The minimum Gasteiger partial charge on any atom is -0.378 e. The molecule has 3 aliphatic rings. The number of carbonyl (C=O) groups excluding carboxylic acids is 1. The highest BCUT2D eigenvalue weighted by Crippen LogP contribution is 2.36. The number of rotatable bonds is 6. The van der Waals surface area contributed by atoms with E-state index in [1.807, 2.05) is 4.90 Å². The molecule has 140 valence electrons. The molecule has 2 saturated heterocycles. The monoisotopic (exact) mass is 346 g/mol. The highest BCUT2D eigenvalue weighted by Gasteiger charge is 2.31. The average Bonchev–Trinajstić information content (AvgIpc) is 3.21. The van der Waals surface area contributed by atoms with Crippen molar-refractivity contribution in [2.45, 2.75) is 51.4 Å². The van der Waals surface area contributed by atoms with Crippen LogP contribution in [0.25, 0.3) is 0 Å². The maximum Gasteiger partial charge on any atom is 0.225 e. The van der Waals surface area contributed by atoms with Crippen LogP contribution in [-0.4, -0.2) is 55.1 Å². The summed E-state index contributed by atoms with van der Waals surface area (Å²) in [6.45, 7) is 13.9. The Morgan fingerprint density at radius 3 is 2.08 bits per heavy atom. The van der Waals surface area contributed by atoms with Gasteiger partial charge in [0.2, 0.25) is 5.91 Å². The fourth-order valence-electron chi connectivity index (χ4n) is 4.49. The van der Waals surface area contributed by atoms with Crippen molar-refractivity contribution in [3.8, 4) is 0 Å². The molecular formula is C21H34N2O2. The van der Waals surface area contributed by atoms with Crippen molar-refractivity contribution in [2.75, 3.05) is 39.4 Å². The van der Waals surface area contributed by atoms with Crippen LogP contribution >= 0.6 is 0 Å². The molecule has 0 aromatic carbocycles. The number of allylic oxidation sites excluding steroid dienone is 2. The van der Waals surface area contributed by atoms with E-state index in [4.69, 9.17) is 4.74 Å². The van der Waals surface area contributed by atoms with E-state index < -0.39 is 0 Å². The average molecular weight is 347 g/mol. The molecule has 1 amide bonds. The molecule has 2 aliphatic heterocycles. The molecule has 1 saturated carbocycles. The van der Waals surface area contributed by atoms with E-state index in [0.29, 0.717) is 25.0 Å². The first kappa shape index (κ1) is 18.5. The van der Waals surface area contributed by atoms with Crippen molar-refractivity contribution in [1.29, 1.82) is 0 Å². The fraction of sp³-hybridized carbons (Fsp3) is 0.762. The van der Waals surface area contributed by atoms with Gasteiger partial charge in [-0.05, 0) is 57.3 Å². The lowest BCUT2D eigenvalue weighted by molar-refractivity contribution is -0.140. The Morgan fingerprint density at radius 1 is 0.840 bits per heavy atom. The van der Waals surface area contributed by atoms with Gasteiger partial charge in [0.15, 0.2) is 0 Å². The molecule has 4 nitrogen and oxygen atoms in total. The number of hydrogen-bond acceptors (Lipinski definition) is 3. The summed E-state index contributed by atoms with van der Waals surface area (Å²) < 4.78 is 5.35. The molecular weight excluding hydrogens is 312 g/mol. The lowest BCUT2D eigenvalue weighted by atomic mass is 9.77. The maximum atomic E-state index is 12.6. The first-order valence-electron chi connectivity index (χ1n) is 10.1. The topological polar surface area (TPSA) is 32.8 Å². The Bertz CT molecular complexity index is 482. The summed E-state index contributed by atoms with van der Waals surface area (Å²) >= 11 is 0. The lowest BCUT2D eigenvalue weighted by Crippen LogP contribution is -2.44. The standard InChI is InChI=1S/C21H34N2O2/c1-17(5-6-18(2)22-11-3-4-12-22)19-7-9-20(10-8-19)21(24)23-13-15-25-16-14-23/h19-20H,1-16H2. The van der Waals surface area contributed by atoms with Crippen LogP contribution in [-0.2, 0) is 9.53 Å². The highest BCUT2D eigenvalue weighted by molar-refractivity contribution is 5.79. The van der Waals surface area contributed by atoms with Crippen LogP contribution in [0.15, 0.2) is 24.4 Å². The van der Waals surface area contributed by atoms with Gasteiger partial charge in [-0.3, -0.25) is 4.79 Å². The second-order valence-corrected chi connectivity index (χ2v) is 7.90. The Morgan fingerprint density at radius 2 is 1.44 bits per heavy atom. The van der Waals surface area contributed by atoms with Gasteiger partial charge in [-0.15, -0.1) is 0 Å². The molecule has 0 atom stereocenters. The summed E-state index contributed by atoms with van der Waals surface area (Å²) in [5.74, 6) is 1.18. The first-order valence-corrected chi connectivity index (χ1v) is 10.1. The third kappa shape index (κ3) is 4.87. The number of ether oxygens (including phenoxy) is 1. The summed E-state index contributed by atoms with van der Waals surface area (Å²) in [5, 5.41) is 0. The molecule has 0 spiro atoms. The van der Waals surface area contributed by atoms with Crippen molar-refractivity contribution in [2.24, 2.45) is 11.8 Å². The van der Waals surface area contributed by atoms with Crippen molar-refractivity contribution in [1.82, 2.24) is 9.80 Å².